The zero-order valence-corrected chi connectivity index (χ0v) is 25.7. The van der Waals surface area contributed by atoms with Gasteiger partial charge in [0.1, 0.15) is 24.6 Å². The van der Waals surface area contributed by atoms with Gasteiger partial charge in [-0.25, -0.2) is 4.79 Å². The second-order valence-corrected chi connectivity index (χ2v) is 12.2. The largest absolute Gasteiger partial charge is 0.490 e. The van der Waals surface area contributed by atoms with E-state index in [-0.39, 0.29) is 30.2 Å². The SMILES string of the molecule is CON=C1CCc2cc(C(CC(=O)c3ccc(OC4CCN(C(=O)OC(C)(C)C)CC4)cc3)C(=O)c3ccncc3)ccc21. The number of hydrogen-bond donors (Lipinski definition) is 0. The number of oxime groups is 1. The van der Waals surface area contributed by atoms with Crippen LogP contribution in [0.25, 0.3) is 0 Å². The Balaban J connectivity index is 1.25. The van der Waals surface area contributed by atoms with Crippen LogP contribution in [0.4, 0.5) is 4.79 Å². The van der Waals surface area contributed by atoms with Crippen LogP contribution >= 0.6 is 0 Å². The van der Waals surface area contributed by atoms with Crippen molar-refractivity contribution in [1.82, 2.24) is 9.88 Å². The Morgan fingerprint density at radius 1 is 0.955 bits per heavy atom. The Hall–Kier alpha value is -4.53. The Kier molecular flexibility index (Phi) is 9.42. The molecular formula is C35H39N3O6. The average molecular weight is 598 g/mol. The highest BCUT2D eigenvalue weighted by atomic mass is 16.6. The number of aryl methyl sites for hydroxylation is 1. The van der Waals surface area contributed by atoms with Crippen molar-refractivity contribution in [2.75, 3.05) is 20.2 Å². The number of hydrogen-bond acceptors (Lipinski definition) is 8. The maximum absolute atomic E-state index is 13.7. The summed E-state index contributed by atoms with van der Waals surface area (Å²) in [7, 11) is 1.53. The third-order valence-corrected chi connectivity index (χ3v) is 7.92. The average Bonchev–Trinajstić information content (AvgIpc) is 3.42. The smallest absolute Gasteiger partial charge is 0.410 e. The minimum absolute atomic E-state index is 0.0300. The van der Waals surface area contributed by atoms with Gasteiger partial charge in [-0.1, -0.05) is 23.4 Å². The molecular weight excluding hydrogens is 558 g/mol. The monoisotopic (exact) mass is 597 g/mol. The van der Waals surface area contributed by atoms with Crippen molar-refractivity contribution in [2.24, 2.45) is 5.16 Å². The number of piperidine rings is 1. The van der Waals surface area contributed by atoms with Crippen LogP contribution in [0.5, 0.6) is 5.75 Å². The first-order valence-electron chi connectivity index (χ1n) is 15.1. The number of ketones is 2. The summed E-state index contributed by atoms with van der Waals surface area (Å²) >= 11 is 0. The van der Waals surface area contributed by atoms with Crippen LogP contribution < -0.4 is 4.74 Å². The second-order valence-electron chi connectivity index (χ2n) is 12.2. The maximum atomic E-state index is 13.7. The summed E-state index contributed by atoms with van der Waals surface area (Å²) in [5.74, 6) is -0.238. The number of Topliss-reactive ketones (excluding diaryl/α,β-unsaturated/α-hetero) is 2. The lowest BCUT2D eigenvalue weighted by Gasteiger charge is -2.33. The number of carbonyl (C=O) groups excluding carboxylic acids is 3. The molecule has 2 heterocycles. The highest BCUT2D eigenvalue weighted by Gasteiger charge is 2.29. The Labute approximate surface area is 258 Å². The molecule has 0 N–H and O–H groups in total. The van der Waals surface area contributed by atoms with Crippen molar-refractivity contribution in [3.63, 3.8) is 0 Å². The lowest BCUT2D eigenvalue weighted by Crippen LogP contribution is -2.44. The van der Waals surface area contributed by atoms with Gasteiger partial charge in [0.05, 0.1) is 11.6 Å². The van der Waals surface area contributed by atoms with Crippen LogP contribution in [0.1, 0.15) is 89.8 Å². The first-order valence-corrected chi connectivity index (χ1v) is 15.1. The molecule has 9 heteroatoms. The number of aromatic nitrogens is 1. The van der Waals surface area contributed by atoms with Gasteiger partial charge in [0.25, 0.3) is 0 Å². The topological polar surface area (TPSA) is 107 Å². The fourth-order valence-corrected chi connectivity index (χ4v) is 5.69. The van der Waals surface area contributed by atoms with Crippen LogP contribution in [0.2, 0.25) is 0 Å². The molecule has 3 aromatic rings. The molecule has 1 atom stereocenters. The number of rotatable bonds is 9. The van der Waals surface area contributed by atoms with Crippen LogP contribution in [0, 0.1) is 0 Å². The summed E-state index contributed by atoms with van der Waals surface area (Å²) in [5.41, 5.74) is 4.30. The quantitative estimate of drug-likeness (QED) is 0.208. The molecule has 1 saturated heterocycles. The van der Waals surface area contributed by atoms with Crippen LogP contribution in [-0.4, -0.2) is 65.2 Å². The molecule has 0 bridgehead atoms. The molecule has 5 rings (SSSR count). The third-order valence-electron chi connectivity index (χ3n) is 7.92. The Bertz CT molecular complexity index is 1520. The van der Waals surface area contributed by atoms with Crippen molar-refractivity contribution >= 4 is 23.4 Å². The van der Waals surface area contributed by atoms with Gasteiger partial charge >= 0.3 is 6.09 Å². The Morgan fingerprint density at radius 3 is 2.32 bits per heavy atom. The summed E-state index contributed by atoms with van der Waals surface area (Å²) in [6, 6.07) is 16.3. The van der Waals surface area contributed by atoms with E-state index in [0.717, 1.165) is 35.2 Å². The highest BCUT2D eigenvalue weighted by molar-refractivity contribution is 6.07. The van der Waals surface area contributed by atoms with E-state index in [1.807, 2.05) is 39.0 Å². The molecule has 9 nitrogen and oxygen atoms in total. The first-order chi connectivity index (χ1) is 21.1. The van der Waals surface area contributed by atoms with Crippen LogP contribution in [0.3, 0.4) is 0 Å². The van der Waals surface area contributed by atoms with Gasteiger partial charge in [-0.2, -0.15) is 0 Å². The van der Waals surface area contributed by atoms with Crippen LogP contribution in [-0.2, 0) is 16.0 Å². The number of fused-ring (bicyclic) bond motifs is 1. The number of pyridine rings is 1. The van der Waals surface area contributed by atoms with E-state index in [4.69, 9.17) is 14.3 Å². The summed E-state index contributed by atoms with van der Waals surface area (Å²) in [6.07, 6.45) is 5.82. The number of benzene rings is 2. The molecule has 0 spiro atoms. The van der Waals surface area contributed by atoms with Crippen molar-refractivity contribution in [3.05, 3.63) is 94.8 Å². The first kappa shape index (κ1) is 30.9. The molecule has 1 amide bonds. The minimum Gasteiger partial charge on any atom is -0.490 e. The van der Waals surface area contributed by atoms with E-state index in [1.54, 1.807) is 53.7 Å². The molecule has 1 aliphatic carbocycles. The lowest BCUT2D eigenvalue weighted by molar-refractivity contribution is 0.0126. The fourth-order valence-electron chi connectivity index (χ4n) is 5.69. The highest BCUT2D eigenvalue weighted by Crippen LogP contribution is 2.32. The molecule has 2 aromatic carbocycles. The van der Waals surface area contributed by atoms with Crippen LogP contribution in [0.15, 0.2) is 72.1 Å². The molecule has 230 valence electrons. The molecule has 1 aliphatic heterocycles. The predicted octanol–water partition coefficient (Wildman–Crippen LogP) is 6.40. The number of nitrogens with zero attached hydrogens (tertiary/aromatic N) is 3. The lowest BCUT2D eigenvalue weighted by atomic mass is 9.84. The zero-order chi connectivity index (χ0) is 31.3. The summed E-state index contributed by atoms with van der Waals surface area (Å²) < 4.78 is 11.6. The molecule has 1 aromatic heterocycles. The predicted molar refractivity (Wildman–Crippen MR) is 166 cm³/mol. The second kappa shape index (κ2) is 13.4. The van der Waals surface area contributed by atoms with Crippen molar-refractivity contribution in [3.8, 4) is 5.75 Å². The van der Waals surface area contributed by atoms with Gasteiger partial charge in [0.2, 0.25) is 0 Å². The van der Waals surface area contributed by atoms with E-state index in [1.165, 1.54) is 7.11 Å². The van der Waals surface area contributed by atoms with Crippen molar-refractivity contribution in [1.29, 1.82) is 0 Å². The molecule has 0 saturated carbocycles. The molecule has 2 aliphatic rings. The number of carbonyl (C=O) groups is 3. The van der Waals surface area contributed by atoms with Gasteiger partial charge in [0.15, 0.2) is 11.6 Å². The normalized spacial score (nSPS) is 16.7. The van der Waals surface area contributed by atoms with E-state index in [0.29, 0.717) is 42.8 Å². The number of amides is 1. The summed E-state index contributed by atoms with van der Waals surface area (Å²) in [4.78, 5) is 50.4. The standard InChI is InChI=1S/C35H39N3O6/c1-35(2,3)44-34(41)38-19-15-28(16-20-38)43-27-9-5-23(6-10-27)32(39)22-30(33(40)24-13-17-36-18-14-24)26-7-11-29-25(21-26)8-12-31(29)37-42-4/h5-7,9-11,13-14,17-18,21,28,30H,8,12,15-16,19-20,22H2,1-4H3. The minimum atomic E-state index is -0.648. The maximum Gasteiger partial charge on any atom is 0.410 e. The third kappa shape index (κ3) is 7.51. The van der Waals surface area contributed by atoms with Crippen molar-refractivity contribution in [2.45, 2.75) is 70.5 Å². The van der Waals surface area contributed by atoms with Gasteiger partial charge in [-0.05, 0) is 81.1 Å². The van der Waals surface area contributed by atoms with Gasteiger partial charge in [-0.3, -0.25) is 14.6 Å². The van der Waals surface area contributed by atoms with Gasteiger partial charge < -0.3 is 19.2 Å². The molecule has 1 fully saturated rings. The van der Waals surface area contributed by atoms with E-state index >= 15 is 0 Å². The number of ether oxygens (including phenoxy) is 2. The fraction of sp³-hybridized carbons (Fsp3) is 0.400. The summed E-state index contributed by atoms with van der Waals surface area (Å²) in [5, 5.41) is 4.13. The number of likely N-dealkylation sites (tertiary alicyclic amines) is 1. The summed E-state index contributed by atoms with van der Waals surface area (Å²) in [6.45, 7) is 6.69. The molecule has 1 unspecified atom stereocenters. The van der Waals surface area contributed by atoms with E-state index in [2.05, 4.69) is 10.1 Å². The molecule has 44 heavy (non-hydrogen) atoms. The molecule has 0 radical (unpaired) electrons. The van der Waals surface area contributed by atoms with Gasteiger partial charge in [0, 0.05) is 61.4 Å². The van der Waals surface area contributed by atoms with E-state index in [9.17, 15) is 14.4 Å². The Morgan fingerprint density at radius 2 is 1.66 bits per heavy atom. The van der Waals surface area contributed by atoms with Crippen molar-refractivity contribution < 1.29 is 28.7 Å². The van der Waals surface area contributed by atoms with E-state index < -0.39 is 11.5 Å². The van der Waals surface area contributed by atoms with Gasteiger partial charge in [-0.15, -0.1) is 0 Å². The zero-order valence-electron chi connectivity index (χ0n) is 25.7.